The van der Waals surface area contributed by atoms with Gasteiger partial charge < -0.3 is 9.16 Å². The SMILES string of the molecule is CC(C)(C)[Si](C)(C)O[C@]12CCCCCC[C@@]1(C)C[C@@H]2C(=O)Oc1c(Cl)c(Cl)c(Cl)c(Cl)c1Cl. The van der Waals surface area contributed by atoms with Crippen molar-refractivity contribution in [1.29, 1.82) is 0 Å². The van der Waals surface area contributed by atoms with Crippen LogP contribution in [-0.2, 0) is 9.22 Å². The fourth-order valence-corrected chi connectivity index (χ4v) is 8.00. The number of esters is 1. The summed E-state index contributed by atoms with van der Waals surface area (Å²) < 4.78 is 13.0. The summed E-state index contributed by atoms with van der Waals surface area (Å²) in [7, 11) is -2.19. The van der Waals surface area contributed by atoms with Gasteiger partial charge in [0, 0.05) is 0 Å². The Morgan fingerprint density at radius 1 is 0.879 bits per heavy atom. The van der Waals surface area contributed by atoms with E-state index in [1.807, 2.05) is 0 Å². The predicted molar refractivity (Wildman–Crippen MR) is 142 cm³/mol. The highest BCUT2D eigenvalue weighted by Crippen LogP contribution is 2.64. The third kappa shape index (κ3) is 4.84. The second-order valence-corrected chi connectivity index (χ2v) is 17.9. The Bertz CT molecular complexity index is 916. The van der Waals surface area contributed by atoms with Gasteiger partial charge in [-0.15, -0.1) is 0 Å². The van der Waals surface area contributed by atoms with Crippen LogP contribution in [0.3, 0.4) is 0 Å². The van der Waals surface area contributed by atoms with E-state index >= 15 is 0 Å². The first-order valence-corrected chi connectivity index (χ1v) is 16.3. The van der Waals surface area contributed by atoms with Gasteiger partial charge in [0.15, 0.2) is 14.1 Å². The molecule has 3 atom stereocenters. The van der Waals surface area contributed by atoms with E-state index in [0.29, 0.717) is 6.42 Å². The van der Waals surface area contributed by atoms with Crippen LogP contribution in [0.1, 0.15) is 72.6 Å². The minimum Gasteiger partial charge on any atom is -0.423 e. The quantitative estimate of drug-likeness (QED) is 0.118. The average molecular weight is 575 g/mol. The van der Waals surface area contributed by atoms with Crippen LogP contribution < -0.4 is 4.74 Å². The summed E-state index contributed by atoms with van der Waals surface area (Å²) in [5, 5.41) is 0.00681. The number of ether oxygens (including phenoxy) is 1. The Morgan fingerprint density at radius 2 is 1.36 bits per heavy atom. The van der Waals surface area contributed by atoms with Gasteiger partial charge in [0.2, 0.25) is 0 Å². The number of fused-ring (bicyclic) bond motifs is 1. The lowest BCUT2D eigenvalue weighted by atomic mass is 9.47. The lowest BCUT2D eigenvalue weighted by Gasteiger charge is -2.65. The van der Waals surface area contributed by atoms with Crippen LogP contribution >= 0.6 is 58.0 Å². The van der Waals surface area contributed by atoms with E-state index in [2.05, 4.69) is 40.8 Å². The molecule has 0 radical (unpaired) electrons. The van der Waals surface area contributed by atoms with Crippen LogP contribution in [-0.4, -0.2) is 19.9 Å². The van der Waals surface area contributed by atoms with Gasteiger partial charge in [-0.25, -0.2) is 0 Å². The molecular weight excluding hydrogens is 542 g/mol. The van der Waals surface area contributed by atoms with Crippen LogP contribution in [0.15, 0.2) is 0 Å². The zero-order chi connectivity index (χ0) is 25.0. The van der Waals surface area contributed by atoms with Gasteiger partial charge in [-0.3, -0.25) is 4.79 Å². The molecule has 9 heteroatoms. The highest BCUT2D eigenvalue weighted by Gasteiger charge is 2.68. The van der Waals surface area contributed by atoms with Gasteiger partial charge in [-0.2, -0.15) is 0 Å². The minimum absolute atomic E-state index is 0.00664. The normalized spacial score (nSPS) is 28.4. The molecule has 0 N–H and O–H groups in total. The van der Waals surface area contributed by atoms with Crippen molar-refractivity contribution in [2.24, 2.45) is 11.3 Å². The summed E-state index contributed by atoms with van der Waals surface area (Å²) in [6, 6.07) is 0. The lowest BCUT2D eigenvalue weighted by molar-refractivity contribution is -0.218. The Hall–Kier alpha value is 0.317. The van der Waals surface area contributed by atoms with Crippen molar-refractivity contribution < 1.29 is 14.0 Å². The Morgan fingerprint density at radius 3 is 1.88 bits per heavy atom. The predicted octanol–water partition coefficient (Wildman–Crippen LogP) is 10.00. The summed E-state index contributed by atoms with van der Waals surface area (Å²) in [4.78, 5) is 13.6. The molecule has 0 spiro atoms. The number of carbonyl (C=O) groups excluding carboxylic acids is 1. The number of rotatable bonds is 4. The molecule has 3 nitrogen and oxygen atoms in total. The van der Waals surface area contributed by atoms with Gasteiger partial charge in [0.1, 0.15) is 10.0 Å². The molecule has 2 aliphatic carbocycles. The molecule has 2 aliphatic rings. The zero-order valence-corrected chi connectivity index (χ0v) is 24.9. The van der Waals surface area contributed by atoms with Crippen LogP contribution in [0.4, 0.5) is 0 Å². The molecule has 0 bridgehead atoms. The molecule has 0 amide bonds. The standard InChI is InChI=1S/C24H33Cl5O3Si/c1-22(2,3)33(5,6)32-24-12-10-8-7-9-11-23(24,4)13-14(24)21(30)31-20-18(28)16(26)15(25)17(27)19(20)29/h14H,7-13H2,1-6H3/t14-,23+,24+/m1/s1. The first kappa shape index (κ1) is 27.9. The Labute approximate surface area is 223 Å². The second-order valence-electron chi connectivity index (χ2n) is 11.3. The number of hydrogen-bond acceptors (Lipinski definition) is 3. The number of halogens is 5. The molecule has 2 saturated carbocycles. The van der Waals surface area contributed by atoms with E-state index in [4.69, 9.17) is 67.2 Å². The number of hydrogen-bond donors (Lipinski definition) is 0. The van der Waals surface area contributed by atoms with Crippen molar-refractivity contribution in [3.63, 3.8) is 0 Å². The van der Waals surface area contributed by atoms with E-state index in [1.165, 1.54) is 6.42 Å². The van der Waals surface area contributed by atoms with Crippen LogP contribution in [0.2, 0.25) is 43.2 Å². The minimum atomic E-state index is -2.19. The first-order valence-electron chi connectivity index (χ1n) is 11.5. The first-order chi connectivity index (χ1) is 15.1. The van der Waals surface area contributed by atoms with Crippen molar-refractivity contribution in [2.75, 3.05) is 0 Å². The maximum atomic E-state index is 13.6. The molecule has 1 aromatic carbocycles. The van der Waals surface area contributed by atoms with Crippen molar-refractivity contribution in [3.8, 4) is 5.75 Å². The maximum Gasteiger partial charge on any atom is 0.317 e. The monoisotopic (exact) mass is 572 g/mol. The highest BCUT2D eigenvalue weighted by molar-refractivity contribution is 6.74. The van der Waals surface area contributed by atoms with Crippen molar-refractivity contribution in [2.45, 2.75) is 96.4 Å². The van der Waals surface area contributed by atoms with Crippen molar-refractivity contribution in [3.05, 3.63) is 25.1 Å². The van der Waals surface area contributed by atoms with Crippen LogP contribution in [0.25, 0.3) is 0 Å². The molecule has 186 valence electrons. The van der Waals surface area contributed by atoms with Gasteiger partial charge in [-0.05, 0) is 42.8 Å². The van der Waals surface area contributed by atoms with E-state index in [9.17, 15) is 4.79 Å². The number of benzene rings is 1. The molecule has 2 fully saturated rings. The van der Waals surface area contributed by atoms with Gasteiger partial charge >= 0.3 is 5.97 Å². The van der Waals surface area contributed by atoms with E-state index in [-0.39, 0.29) is 41.3 Å². The van der Waals surface area contributed by atoms with Gasteiger partial charge in [0.05, 0.1) is 26.6 Å². The Kier molecular flexibility index (Phi) is 8.16. The van der Waals surface area contributed by atoms with Crippen molar-refractivity contribution in [1.82, 2.24) is 0 Å². The third-order valence-electron chi connectivity index (χ3n) is 8.17. The second kappa shape index (κ2) is 9.65. The molecule has 1 aromatic rings. The largest absolute Gasteiger partial charge is 0.423 e. The molecule has 0 aliphatic heterocycles. The van der Waals surface area contributed by atoms with Crippen LogP contribution in [0, 0.1) is 11.3 Å². The van der Waals surface area contributed by atoms with E-state index < -0.39 is 25.8 Å². The zero-order valence-electron chi connectivity index (χ0n) is 20.1. The molecule has 3 rings (SSSR count). The fourth-order valence-electron chi connectivity index (χ4n) is 5.10. The highest BCUT2D eigenvalue weighted by atomic mass is 35.5. The summed E-state index contributed by atoms with van der Waals surface area (Å²) in [5.41, 5.74) is -0.665. The smallest absolute Gasteiger partial charge is 0.317 e. The van der Waals surface area contributed by atoms with Gasteiger partial charge in [-0.1, -0.05) is 111 Å². The summed E-state index contributed by atoms with van der Waals surface area (Å²) in [5.74, 6) is -0.884. The molecular formula is C24H33Cl5O3Si. The molecule has 0 unspecified atom stereocenters. The van der Waals surface area contributed by atoms with Crippen molar-refractivity contribution >= 4 is 72.3 Å². The molecule has 33 heavy (non-hydrogen) atoms. The Balaban J connectivity index is 2.01. The third-order valence-corrected chi connectivity index (χ3v) is 14.9. The van der Waals surface area contributed by atoms with E-state index in [0.717, 1.165) is 32.1 Å². The maximum absolute atomic E-state index is 13.6. The number of carbonyl (C=O) groups is 1. The average Bonchev–Trinajstić information content (AvgIpc) is 2.72. The molecule has 0 saturated heterocycles. The topological polar surface area (TPSA) is 35.5 Å². The van der Waals surface area contributed by atoms with E-state index in [1.54, 1.807) is 0 Å². The molecule has 0 aromatic heterocycles. The summed E-state index contributed by atoms with van der Waals surface area (Å²) >= 11 is 31.1. The van der Waals surface area contributed by atoms with Gasteiger partial charge in [0.25, 0.3) is 0 Å². The lowest BCUT2D eigenvalue weighted by Crippen LogP contribution is -2.70. The summed E-state index contributed by atoms with van der Waals surface area (Å²) in [6.45, 7) is 13.4. The molecule has 0 heterocycles. The van der Waals surface area contributed by atoms with Crippen LogP contribution in [0.5, 0.6) is 5.75 Å². The summed E-state index contributed by atoms with van der Waals surface area (Å²) in [6.07, 6.45) is 7.08. The fraction of sp³-hybridized carbons (Fsp3) is 0.708.